The number of halogens is 3. The molecular weight excluding hydrogens is 237 g/mol. The number of hydrogen-bond donors (Lipinski definition) is 2. The summed E-state index contributed by atoms with van der Waals surface area (Å²) in [5.74, 6) is -4.43. The van der Waals surface area contributed by atoms with Crippen molar-refractivity contribution in [1.29, 1.82) is 0 Å². The molecule has 0 saturated carbocycles. The number of methoxy groups -OCH3 is 1. The Hall–Kier alpha value is -1.60. The molecule has 0 heterocycles. The first-order valence-electron chi connectivity index (χ1n) is 4.65. The fourth-order valence-electron chi connectivity index (χ4n) is 1.10. The van der Waals surface area contributed by atoms with Crippen molar-refractivity contribution in [3.63, 3.8) is 0 Å². The van der Waals surface area contributed by atoms with Gasteiger partial charge in [0, 0.05) is 19.2 Å². The molecule has 1 atom stereocenters. The highest BCUT2D eigenvalue weighted by Crippen LogP contribution is 2.18. The Labute approximate surface area is 95.6 Å². The lowest BCUT2D eigenvalue weighted by molar-refractivity contribution is -0.118. The van der Waals surface area contributed by atoms with Crippen LogP contribution < -0.4 is 11.1 Å². The van der Waals surface area contributed by atoms with Crippen molar-refractivity contribution in [2.24, 2.45) is 5.73 Å². The number of benzene rings is 1. The fraction of sp³-hybridized carbons (Fsp3) is 0.300. The molecule has 1 rings (SSSR count). The molecule has 0 bridgehead atoms. The number of nitrogens with two attached hydrogens (primary N) is 1. The van der Waals surface area contributed by atoms with Crippen LogP contribution in [0.2, 0.25) is 0 Å². The fourth-order valence-corrected chi connectivity index (χ4v) is 1.10. The van der Waals surface area contributed by atoms with Gasteiger partial charge < -0.3 is 15.8 Å². The lowest BCUT2D eigenvalue weighted by Gasteiger charge is -2.11. The summed E-state index contributed by atoms with van der Waals surface area (Å²) in [6.07, 6.45) is 0. The molecule has 1 aromatic carbocycles. The van der Waals surface area contributed by atoms with Gasteiger partial charge in [-0.15, -0.1) is 0 Å². The molecule has 0 spiro atoms. The van der Waals surface area contributed by atoms with Crippen molar-refractivity contribution in [2.75, 3.05) is 19.0 Å². The van der Waals surface area contributed by atoms with Crippen molar-refractivity contribution in [2.45, 2.75) is 6.04 Å². The van der Waals surface area contributed by atoms with Crippen LogP contribution in [0.3, 0.4) is 0 Å². The average molecular weight is 248 g/mol. The highest BCUT2D eigenvalue weighted by molar-refractivity contribution is 5.94. The molecule has 1 aromatic rings. The van der Waals surface area contributed by atoms with E-state index < -0.39 is 35.1 Å². The molecule has 0 fully saturated rings. The average Bonchev–Trinajstić information content (AvgIpc) is 2.26. The number of anilines is 1. The number of hydrogen-bond acceptors (Lipinski definition) is 3. The zero-order valence-corrected chi connectivity index (χ0v) is 8.97. The van der Waals surface area contributed by atoms with Gasteiger partial charge in [0.25, 0.3) is 0 Å². The standard InChI is InChI=1S/C10H11F3N2O2/c1-17-4-8(14)10(16)15-9-3-6(12)5(11)2-7(9)13/h2-3,8H,4,14H2,1H3,(H,15,16). The molecule has 0 aliphatic rings. The first-order valence-corrected chi connectivity index (χ1v) is 4.65. The third-order valence-corrected chi connectivity index (χ3v) is 1.95. The Kier molecular flexibility index (Phi) is 4.47. The van der Waals surface area contributed by atoms with Gasteiger partial charge in [0.15, 0.2) is 11.6 Å². The highest BCUT2D eigenvalue weighted by atomic mass is 19.2. The van der Waals surface area contributed by atoms with E-state index in [0.29, 0.717) is 12.1 Å². The predicted octanol–water partition coefficient (Wildman–Crippen LogP) is 1.02. The monoisotopic (exact) mass is 248 g/mol. The van der Waals surface area contributed by atoms with Gasteiger partial charge in [-0.25, -0.2) is 13.2 Å². The van der Waals surface area contributed by atoms with Gasteiger partial charge >= 0.3 is 0 Å². The Bertz CT molecular complexity index is 426. The van der Waals surface area contributed by atoms with Gasteiger partial charge in [-0.1, -0.05) is 0 Å². The number of ether oxygens (including phenoxy) is 1. The van der Waals surface area contributed by atoms with Crippen LogP contribution >= 0.6 is 0 Å². The summed E-state index contributed by atoms with van der Waals surface area (Å²) >= 11 is 0. The minimum atomic E-state index is -1.33. The van der Waals surface area contributed by atoms with E-state index in [1.165, 1.54) is 7.11 Å². The Morgan fingerprint density at radius 1 is 1.35 bits per heavy atom. The molecule has 0 aliphatic heterocycles. The molecule has 0 saturated heterocycles. The first-order chi connectivity index (χ1) is 7.95. The van der Waals surface area contributed by atoms with Crippen LogP contribution in [-0.4, -0.2) is 25.7 Å². The molecule has 0 aliphatic carbocycles. The van der Waals surface area contributed by atoms with Gasteiger partial charge in [0.2, 0.25) is 5.91 Å². The van der Waals surface area contributed by atoms with E-state index >= 15 is 0 Å². The predicted molar refractivity (Wildman–Crippen MR) is 54.8 cm³/mol. The smallest absolute Gasteiger partial charge is 0.243 e. The summed E-state index contributed by atoms with van der Waals surface area (Å²) in [6, 6.07) is -0.137. The zero-order chi connectivity index (χ0) is 13.0. The maximum absolute atomic E-state index is 13.1. The maximum Gasteiger partial charge on any atom is 0.243 e. The molecule has 1 amide bonds. The van der Waals surface area contributed by atoms with Gasteiger partial charge in [0.1, 0.15) is 11.9 Å². The molecule has 4 nitrogen and oxygen atoms in total. The number of amides is 1. The molecule has 3 N–H and O–H groups in total. The van der Waals surface area contributed by atoms with Crippen LogP contribution in [-0.2, 0) is 9.53 Å². The number of rotatable bonds is 4. The van der Waals surface area contributed by atoms with Crippen LogP contribution in [0.15, 0.2) is 12.1 Å². The van der Waals surface area contributed by atoms with Crippen molar-refractivity contribution < 1.29 is 22.7 Å². The van der Waals surface area contributed by atoms with Crippen molar-refractivity contribution >= 4 is 11.6 Å². The van der Waals surface area contributed by atoms with E-state index in [4.69, 9.17) is 5.73 Å². The summed E-state index contributed by atoms with van der Waals surface area (Å²) in [5, 5.41) is 2.04. The summed E-state index contributed by atoms with van der Waals surface area (Å²) in [6.45, 7) is -0.0723. The van der Waals surface area contributed by atoms with E-state index in [2.05, 4.69) is 4.74 Å². The second-order valence-corrected chi connectivity index (χ2v) is 3.30. The quantitative estimate of drug-likeness (QED) is 0.782. The van der Waals surface area contributed by atoms with Gasteiger partial charge in [-0.05, 0) is 0 Å². The zero-order valence-electron chi connectivity index (χ0n) is 8.97. The minimum Gasteiger partial charge on any atom is -0.383 e. The van der Waals surface area contributed by atoms with Gasteiger partial charge in [0.05, 0.1) is 12.3 Å². The third kappa shape index (κ3) is 3.43. The van der Waals surface area contributed by atoms with Crippen LogP contribution in [0.1, 0.15) is 0 Å². The lowest BCUT2D eigenvalue weighted by Crippen LogP contribution is -2.39. The van der Waals surface area contributed by atoms with Crippen molar-refractivity contribution in [3.05, 3.63) is 29.6 Å². The minimum absolute atomic E-state index is 0.0723. The van der Waals surface area contributed by atoms with E-state index in [1.807, 2.05) is 5.32 Å². The summed E-state index contributed by atoms with van der Waals surface area (Å²) in [7, 11) is 1.34. The molecule has 7 heteroatoms. The van der Waals surface area contributed by atoms with E-state index in [-0.39, 0.29) is 6.61 Å². The second-order valence-electron chi connectivity index (χ2n) is 3.30. The molecule has 94 valence electrons. The topological polar surface area (TPSA) is 64.3 Å². The van der Waals surface area contributed by atoms with E-state index in [1.54, 1.807) is 0 Å². The van der Waals surface area contributed by atoms with E-state index in [9.17, 15) is 18.0 Å². The van der Waals surface area contributed by atoms with Crippen LogP contribution in [0, 0.1) is 17.5 Å². The van der Waals surface area contributed by atoms with Gasteiger partial charge in [-0.3, -0.25) is 4.79 Å². The first kappa shape index (κ1) is 13.5. The molecular formula is C10H11F3N2O2. The normalized spacial score (nSPS) is 12.3. The van der Waals surface area contributed by atoms with Crippen LogP contribution in [0.25, 0.3) is 0 Å². The number of carbonyl (C=O) groups excluding carboxylic acids is 1. The number of carbonyl (C=O) groups is 1. The van der Waals surface area contributed by atoms with Crippen molar-refractivity contribution in [3.8, 4) is 0 Å². The second kappa shape index (κ2) is 5.65. The molecule has 0 aromatic heterocycles. The van der Waals surface area contributed by atoms with Crippen molar-refractivity contribution in [1.82, 2.24) is 0 Å². The highest BCUT2D eigenvalue weighted by Gasteiger charge is 2.16. The Morgan fingerprint density at radius 2 is 1.94 bits per heavy atom. The van der Waals surface area contributed by atoms with Crippen LogP contribution in [0.5, 0.6) is 0 Å². The molecule has 0 radical (unpaired) electrons. The lowest BCUT2D eigenvalue weighted by atomic mass is 10.2. The summed E-state index contributed by atoms with van der Waals surface area (Å²) < 4.78 is 43.2. The largest absolute Gasteiger partial charge is 0.383 e. The molecule has 1 unspecified atom stereocenters. The Balaban J connectivity index is 2.81. The number of nitrogens with one attached hydrogen (secondary N) is 1. The maximum atomic E-state index is 13.1. The summed E-state index contributed by atoms with van der Waals surface area (Å²) in [4.78, 5) is 11.4. The summed E-state index contributed by atoms with van der Waals surface area (Å²) in [5.41, 5.74) is 4.89. The Morgan fingerprint density at radius 3 is 2.53 bits per heavy atom. The third-order valence-electron chi connectivity index (χ3n) is 1.95. The molecule has 17 heavy (non-hydrogen) atoms. The SMILES string of the molecule is COCC(N)C(=O)Nc1cc(F)c(F)cc1F. The van der Waals surface area contributed by atoms with Crippen LogP contribution in [0.4, 0.5) is 18.9 Å². The van der Waals surface area contributed by atoms with E-state index in [0.717, 1.165) is 0 Å². The van der Waals surface area contributed by atoms with Gasteiger partial charge in [-0.2, -0.15) is 0 Å².